The average molecular weight is 229 g/mol. The number of hydrogen-bond acceptors (Lipinski definition) is 5. The van der Waals surface area contributed by atoms with Crippen molar-refractivity contribution in [3.63, 3.8) is 0 Å². The highest BCUT2D eigenvalue weighted by molar-refractivity contribution is 7.79. The summed E-state index contributed by atoms with van der Waals surface area (Å²) in [4.78, 5) is 8.09. The lowest BCUT2D eigenvalue weighted by Gasteiger charge is -2.23. The number of methoxy groups -OCH3 is 1. The predicted molar refractivity (Wildman–Crippen MR) is 54.9 cm³/mol. The maximum Gasteiger partial charge on any atom is 0.158 e. The Balaban J connectivity index is 2.92. The lowest BCUT2D eigenvalue weighted by molar-refractivity contribution is 0.0943. The number of aromatic nitrogens is 2. The van der Waals surface area contributed by atoms with Gasteiger partial charge in [0, 0.05) is 19.5 Å². The van der Waals surface area contributed by atoms with Crippen molar-refractivity contribution < 1.29 is 13.5 Å². The van der Waals surface area contributed by atoms with Gasteiger partial charge in [0.05, 0.1) is 5.25 Å². The molecule has 0 radical (unpaired) electrons. The van der Waals surface area contributed by atoms with Crippen LogP contribution in [0.25, 0.3) is 0 Å². The molecule has 3 atom stereocenters. The van der Waals surface area contributed by atoms with Gasteiger partial charge in [-0.3, -0.25) is 4.21 Å². The van der Waals surface area contributed by atoms with E-state index in [1.165, 1.54) is 7.11 Å². The van der Waals surface area contributed by atoms with E-state index in [4.69, 9.17) is 4.74 Å². The van der Waals surface area contributed by atoms with Gasteiger partial charge >= 0.3 is 0 Å². The van der Waals surface area contributed by atoms with E-state index in [1.807, 2.05) is 6.92 Å². The second-order valence-electron chi connectivity index (χ2n) is 3.24. The van der Waals surface area contributed by atoms with E-state index in [-0.39, 0.29) is 0 Å². The summed E-state index contributed by atoms with van der Waals surface area (Å²) in [6.07, 6.45) is 2.65. The molecule has 0 spiro atoms. The molecule has 1 aromatic heterocycles. The fourth-order valence-corrected chi connectivity index (χ4v) is 1.59. The van der Waals surface area contributed by atoms with Gasteiger partial charge in [-0.15, -0.1) is 0 Å². The van der Waals surface area contributed by atoms with Gasteiger partial charge in [0.2, 0.25) is 0 Å². The van der Waals surface area contributed by atoms with E-state index in [0.717, 1.165) is 5.56 Å². The summed E-state index contributed by atoms with van der Waals surface area (Å²) in [5.74, 6) is 0.389. The Labute approximate surface area is 91.2 Å². The van der Waals surface area contributed by atoms with Crippen molar-refractivity contribution in [3.8, 4) is 0 Å². The Morgan fingerprint density at radius 1 is 1.47 bits per heavy atom. The van der Waals surface area contributed by atoms with Gasteiger partial charge in [0.15, 0.2) is 5.82 Å². The first-order chi connectivity index (χ1) is 7.06. The summed E-state index contributed by atoms with van der Waals surface area (Å²) in [7, 11) is 1.44. The number of aryl methyl sites for hydroxylation is 1. The van der Waals surface area contributed by atoms with Crippen molar-refractivity contribution in [1.29, 1.82) is 0 Å². The predicted octanol–water partition coefficient (Wildman–Crippen LogP) is 0.740. The van der Waals surface area contributed by atoms with Crippen LogP contribution in [0.5, 0.6) is 0 Å². The highest BCUT2D eigenvalue weighted by atomic mass is 32.2. The molecule has 1 rings (SSSR count). The lowest BCUT2D eigenvalue weighted by atomic mass is 10.2. The number of ether oxygens (including phenoxy) is 1. The van der Waals surface area contributed by atoms with E-state index >= 15 is 0 Å². The molecule has 6 heteroatoms. The van der Waals surface area contributed by atoms with E-state index in [2.05, 4.69) is 9.97 Å². The maximum absolute atomic E-state index is 10.8. The molecule has 1 unspecified atom stereocenters. The molecule has 0 aliphatic heterocycles. The molecule has 0 fully saturated rings. The zero-order valence-electron chi connectivity index (χ0n) is 8.84. The van der Waals surface area contributed by atoms with Gasteiger partial charge in [0.25, 0.3) is 0 Å². The van der Waals surface area contributed by atoms with E-state index in [0.29, 0.717) is 5.82 Å². The maximum atomic E-state index is 10.8. The topological polar surface area (TPSA) is 75.1 Å². The molecular weight excluding hydrogens is 216 g/mol. The van der Waals surface area contributed by atoms with Gasteiger partial charge in [-0.2, -0.15) is 0 Å². The van der Waals surface area contributed by atoms with Crippen LogP contribution in [0.4, 0.5) is 0 Å². The fraction of sp³-hybridized carbons (Fsp3) is 0.556. The number of nitrogens with zero attached hydrogens (tertiary/aromatic N) is 2. The third-order valence-corrected chi connectivity index (χ3v) is 2.89. The molecule has 0 aliphatic carbocycles. The van der Waals surface area contributed by atoms with Crippen LogP contribution in [0, 0.1) is 6.92 Å². The zero-order chi connectivity index (χ0) is 11.4. The van der Waals surface area contributed by atoms with Gasteiger partial charge in [-0.25, -0.2) is 9.97 Å². The second-order valence-corrected chi connectivity index (χ2v) is 4.51. The second kappa shape index (κ2) is 5.29. The molecule has 5 nitrogen and oxygen atoms in total. The van der Waals surface area contributed by atoms with E-state index in [9.17, 15) is 8.76 Å². The monoisotopic (exact) mass is 229 g/mol. The van der Waals surface area contributed by atoms with Gasteiger partial charge in [-0.1, -0.05) is 0 Å². The van der Waals surface area contributed by atoms with Crippen molar-refractivity contribution in [2.75, 3.05) is 7.11 Å². The molecule has 84 valence electrons. The summed E-state index contributed by atoms with van der Waals surface area (Å²) in [5, 5.41) is -0.669. The van der Waals surface area contributed by atoms with Crippen molar-refractivity contribution >= 4 is 11.1 Å². The van der Waals surface area contributed by atoms with E-state index < -0.39 is 22.4 Å². The highest BCUT2D eigenvalue weighted by Crippen LogP contribution is 2.19. The molecule has 0 aromatic carbocycles. The van der Waals surface area contributed by atoms with Gasteiger partial charge in [-0.05, 0) is 30.5 Å². The van der Waals surface area contributed by atoms with E-state index in [1.54, 1.807) is 19.3 Å². The molecular formula is C9H13N2O3S-. The summed E-state index contributed by atoms with van der Waals surface area (Å²) in [6, 6.07) is 0. The van der Waals surface area contributed by atoms with Crippen molar-refractivity contribution in [2.24, 2.45) is 0 Å². The SMILES string of the molecule is CO[C@@H](c1ncc(C)cn1)[C@@H](C)S(=O)[O-]. The number of rotatable bonds is 4. The first-order valence-corrected chi connectivity index (χ1v) is 5.59. The molecule has 0 amide bonds. The van der Waals surface area contributed by atoms with Crippen molar-refractivity contribution in [1.82, 2.24) is 9.97 Å². The minimum absolute atomic E-state index is 0.389. The fourth-order valence-electron chi connectivity index (χ4n) is 1.16. The Hall–Kier alpha value is -0.850. The lowest BCUT2D eigenvalue weighted by Crippen LogP contribution is -2.23. The Morgan fingerprint density at radius 2 is 2.00 bits per heavy atom. The van der Waals surface area contributed by atoms with Crippen LogP contribution in [-0.4, -0.2) is 31.1 Å². The summed E-state index contributed by atoms with van der Waals surface area (Å²) in [5.41, 5.74) is 0.921. The van der Waals surface area contributed by atoms with Crippen LogP contribution >= 0.6 is 0 Å². The van der Waals surface area contributed by atoms with Crippen molar-refractivity contribution in [3.05, 3.63) is 23.8 Å². The molecule has 1 aromatic rings. The van der Waals surface area contributed by atoms with Gasteiger partial charge in [0.1, 0.15) is 6.10 Å². The molecule has 0 saturated carbocycles. The summed E-state index contributed by atoms with van der Waals surface area (Å²) in [6.45, 7) is 3.42. The van der Waals surface area contributed by atoms with Crippen LogP contribution in [0.3, 0.4) is 0 Å². The Morgan fingerprint density at radius 3 is 2.40 bits per heavy atom. The number of hydrogen-bond donors (Lipinski definition) is 0. The normalized spacial score (nSPS) is 17.1. The first-order valence-electron chi connectivity index (χ1n) is 4.45. The third-order valence-electron chi connectivity index (χ3n) is 2.04. The van der Waals surface area contributed by atoms with Crippen LogP contribution < -0.4 is 0 Å². The standard InChI is InChI=1S/C9H14N2O3S/c1-6-4-10-9(11-5-6)8(14-3)7(2)15(12)13/h4-5,7-8H,1-3H3,(H,12,13)/p-1/t7-,8-/m1/s1. The molecule has 0 aliphatic rings. The van der Waals surface area contributed by atoms with Gasteiger partial charge < -0.3 is 9.29 Å². The quantitative estimate of drug-likeness (QED) is 0.712. The summed E-state index contributed by atoms with van der Waals surface area (Å²) < 4.78 is 26.7. The van der Waals surface area contributed by atoms with Crippen LogP contribution in [-0.2, 0) is 15.8 Å². The van der Waals surface area contributed by atoms with Crippen LogP contribution in [0.15, 0.2) is 12.4 Å². The third kappa shape index (κ3) is 3.05. The average Bonchev–Trinajstić information content (AvgIpc) is 2.21. The van der Waals surface area contributed by atoms with Crippen molar-refractivity contribution in [2.45, 2.75) is 25.2 Å². The summed E-state index contributed by atoms with van der Waals surface area (Å²) >= 11 is -2.20. The zero-order valence-corrected chi connectivity index (χ0v) is 9.65. The minimum Gasteiger partial charge on any atom is -0.772 e. The largest absolute Gasteiger partial charge is 0.772 e. The minimum atomic E-state index is -2.20. The Kier molecular flexibility index (Phi) is 4.31. The first kappa shape index (κ1) is 12.2. The van der Waals surface area contributed by atoms with Crippen LogP contribution in [0.1, 0.15) is 24.4 Å². The molecule has 0 N–H and O–H groups in total. The molecule has 15 heavy (non-hydrogen) atoms. The Bertz CT molecular complexity index is 342. The van der Waals surface area contributed by atoms with Crippen LogP contribution in [0.2, 0.25) is 0 Å². The molecule has 0 saturated heterocycles. The molecule has 1 heterocycles. The smallest absolute Gasteiger partial charge is 0.158 e. The highest BCUT2D eigenvalue weighted by Gasteiger charge is 2.22. The molecule has 0 bridgehead atoms.